The number of nitrogens with zero attached hydrogens (tertiary/aromatic N) is 1. The van der Waals surface area contributed by atoms with Crippen LogP contribution in [0.4, 0.5) is 5.69 Å². The van der Waals surface area contributed by atoms with E-state index >= 15 is 0 Å². The number of primary amides is 1. The first-order valence-corrected chi connectivity index (χ1v) is 7.59. The van der Waals surface area contributed by atoms with E-state index in [0.29, 0.717) is 12.3 Å². The molecule has 1 aliphatic heterocycles. The minimum atomic E-state index is -0.619. The van der Waals surface area contributed by atoms with Gasteiger partial charge in [0.2, 0.25) is 0 Å². The predicted octanol–water partition coefficient (Wildman–Crippen LogP) is 1.76. The van der Waals surface area contributed by atoms with Gasteiger partial charge < -0.3 is 20.1 Å². The van der Waals surface area contributed by atoms with E-state index in [1.807, 2.05) is 24.3 Å². The molecule has 2 N–H and O–H groups in total. The number of nitrogens with two attached hydrogens (primary N) is 1. The van der Waals surface area contributed by atoms with Crippen molar-refractivity contribution in [3.05, 3.63) is 53.6 Å². The molecule has 1 heterocycles. The van der Waals surface area contributed by atoms with Crippen LogP contribution in [0, 0.1) is 0 Å². The van der Waals surface area contributed by atoms with E-state index in [-0.39, 0.29) is 23.8 Å². The van der Waals surface area contributed by atoms with Crippen LogP contribution in [-0.2, 0) is 11.2 Å². The molecule has 0 aliphatic carbocycles. The number of hydrogen-bond acceptors (Lipinski definition) is 4. The van der Waals surface area contributed by atoms with Crippen LogP contribution in [0.3, 0.4) is 0 Å². The van der Waals surface area contributed by atoms with Crippen molar-refractivity contribution in [1.82, 2.24) is 0 Å². The van der Waals surface area contributed by atoms with Gasteiger partial charge in [0.25, 0.3) is 11.8 Å². The lowest BCUT2D eigenvalue weighted by atomic mass is 10.2. The fraction of sp³-hybridized carbons (Fsp3) is 0.222. The van der Waals surface area contributed by atoms with Crippen molar-refractivity contribution in [2.24, 2.45) is 5.73 Å². The summed E-state index contributed by atoms with van der Waals surface area (Å²) < 4.78 is 10.7. The molecule has 2 aromatic carbocycles. The molecule has 0 aromatic heterocycles. The van der Waals surface area contributed by atoms with Gasteiger partial charge in [-0.15, -0.1) is 0 Å². The molecule has 0 bridgehead atoms. The molecule has 3 rings (SSSR count). The summed E-state index contributed by atoms with van der Waals surface area (Å²) >= 11 is 0. The molecular weight excluding hydrogens is 308 g/mol. The number of amides is 2. The highest BCUT2D eigenvalue weighted by molar-refractivity contribution is 5.98. The third-order valence-corrected chi connectivity index (χ3v) is 3.99. The Morgan fingerprint density at radius 2 is 2.00 bits per heavy atom. The van der Waals surface area contributed by atoms with Gasteiger partial charge in [0.05, 0.1) is 12.7 Å². The molecule has 0 atom stereocenters. The zero-order valence-corrected chi connectivity index (χ0v) is 13.3. The van der Waals surface area contributed by atoms with Gasteiger partial charge in [-0.2, -0.15) is 0 Å². The van der Waals surface area contributed by atoms with E-state index in [9.17, 15) is 9.59 Å². The highest BCUT2D eigenvalue weighted by Gasteiger charge is 2.24. The number of hydrogen-bond donors (Lipinski definition) is 1. The number of para-hydroxylation sites is 1. The summed E-state index contributed by atoms with van der Waals surface area (Å²) in [7, 11) is 1.51. The molecule has 2 amide bonds. The van der Waals surface area contributed by atoms with Gasteiger partial charge in [0.1, 0.15) is 11.5 Å². The van der Waals surface area contributed by atoms with Crippen LogP contribution in [0.25, 0.3) is 0 Å². The minimum absolute atomic E-state index is 0.168. The molecular formula is C18H18N2O4. The van der Waals surface area contributed by atoms with Crippen molar-refractivity contribution >= 4 is 17.5 Å². The highest BCUT2D eigenvalue weighted by atomic mass is 16.5. The number of fused-ring (bicyclic) bond motifs is 1. The van der Waals surface area contributed by atoms with Crippen LogP contribution in [0.2, 0.25) is 0 Å². The molecule has 1 aliphatic rings. The predicted molar refractivity (Wildman–Crippen MR) is 89.5 cm³/mol. The fourth-order valence-corrected chi connectivity index (χ4v) is 2.77. The molecule has 0 spiro atoms. The quantitative estimate of drug-likeness (QED) is 0.908. The highest BCUT2D eigenvalue weighted by Crippen LogP contribution is 2.28. The first-order valence-electron chi connectivity index (χ1n) is 7.59. The second-order valence-corrected chi connectivity index (χ2v) is 5.44. The number of carbonyl (C=O) groups is 2. The van der Waals surface area contributed by atoms with E-state index < -0.39 is 5.91 Å². The smallest absolute Gasteiger partial charge is 0.264 e. The van der Waals surface area contributed by atoms with Crippen molar-refractivity contribution in [1.29, 1.82) is 0 Å². The lowest BCUT2D eigenvalue weighted by Crippen LogP contribution is -2.33. The van der Waals surface area contributed by atoms with E-state index in [1.54, 1.807) is 17.0 Å². The van der Waals surface area contributed by atoms with E-state index in [1.165, 1.54) is 13.2 Å². The van der Waals surface area contributed by atoms with Crippen molar-refractivity contribution < 1.29 is 19.1 Å². The van der Waals surface area contributed by atoms with Crippen LogP contribution in [0.5, 0.6) is 11.5 Å². The third kappa shape index (κ3) is 3.03. The van der Waals surface area contributed by atoms with Crippen LogP contribution in [0.1, 0.15) is 15.9 Å². The zero-order chi connectivity index (χ0) is 17.1. The molecule has 0 fully saturated rings. The maximum absolute atomic E-state index is 12.5. The maximum atomic E-state index is 12.5. The Labute approximate surface area is 139 Å². The summed E-state index contributed by atoms with van der Waals surface area (Å²) in [5, 5.41) is 0. The number of carbonyl (C=O) groups excluding carboxylic acids is 2. The fourth-order valence-electron chi connectivity index (χ4n) is 2.77. The molecule has 0 radical (unpaired) electrons. The Balaban J connectivity index is 1.74. The molecule has 124 valence electrons. The van der Waals surface area contributed by atoms with Crippen LogP contribution in [-0.4, -0.2) is 32.1 Å². The van der Waals surface area contributed by atoms with Crippen LogP contribution in [0.15, 0.2) is 42.5 Å². The van der Waals surface area contributed by atoms with Gasteiger partial charge in [-0.1, -0.05) is 18.2 Å². The first-order chi connectivity index (χ1) is 11.6. The largest absolute Gasteiger partial charge is 0.497 e. The normalized spacial score (nSPS) is 12.6. The lowest BCUT2D eigenvalue weighted by Gasteiger charge is -2.18. The van der Waals surface area contributed by atoms with Gasteiger partial charge in [0, 0.05) is 18.3 Å². The van der Waals surface area contributed by atoms with Crippen molar-refractivity contribution in [2.45, 2.75) is 6.42 Å². The lowest BCUT2D eigenvalue weighted by molar-refractivity contribution is -0.120. The standard InChI is InChI=1S/C18H18N2O4/c1-23-13-6-7-14(18(19)22)16(10-13)24-11-17(21)20-9-8-12-4-2-3-5-15(12)20/h2-7,10H,8-9,11H2,1H3,(H2,19,22). The minimum Gasteiger partial charge on any atom is -0.497 e. The Morgan fingerprint density at radius 1 is 1.21 bits per heavy atom. The number of methoxy groups -OCH3 is 1. The Bertz CT molecular complexity index is 788. The van der Waals surface area contributed by atoms with Crippen LogP contribution >= 0.6 is 0 Å². The van der Waals surface area contributed by atoms with E-state index in [2.05, 4.69) is 0 Å². The van der Waals surface area contributed by atoms with Gasteiger partial charge >= 0.3 is 0 Å². The van der Waals surface area contributed by atoms with Gasteiger partial charge in [-0.3, -0.25) is 9.59 Å². The summed E-state index contributed by atoms with van der Waals surface area (Å²) in [6.45, 7) is 0.449. The summed E-state index contributed by atoms with van der Waals surface area (Å²) in [6.07, 6.45) is 0.827. The first kappa shape index (κ1) is 15.9. The molecule has 2 aromatic rings. The average Bonchev–Trinajstić information content (AvgIpc) is 3.03. The van der Waals surface area contributed by atoms with Crippen LogP contribution < -0.4 is 20.1 Å². The third-order valence-electron chi connectivity index (χ3n) is 3.99. The van der Waals surface area contributed by atoms with Gasteiger partial charge in [-0.05, 0) is 30.2 Å². The Morgan fingerprint density at radius 3 is 2.75 bits per heavy atom. The molecule has 0 saturated heterocycles. The second kappa shape index (κ2) is 6.62. The number of anilines is 1. The van der Waals surface area contributed by atoms with Crippen molar-refractivity contribution in [3.63, 3.8) is 0 Å². The number of benzene rings is 2. The summed E-state index contributed by atoms with van der Waals surface area (Å²) in [4.78, 5) is 25.7. The topological polar surface area (TPSA) is 81.9 Å². The number of ether oxygens (including phenoxy) is 2. The second-order valence-electron chi connectivity index (χ2n) is 5.44. The zero-order valence-electron chi connectivity index (χ0n) is 13.3. The molecule has 0 unspecified atom stereocenters. The van der Waals surface area contributed by atoms with Crippen molar-refractivity contribution in [3.8, 4) is 11.5 Å². The summed E-state index contributed by atoms with van der Waals surface area (Å²) in [6, 6.07) is 12.5. The molecule has 0 saturated carbocycles. The van der Waals surface area contributed by atoms with Gasteiger partial charge in [0.15, 0.2) is 6.61 Å². The molecule has 24 heavy (non-hydrogen) atoms. The number of rotatable bonds is 5. The SMILES string of the molecule is COc1ccc(C(N)=O)c(OCC(=O)N2CCc3ccccc32)c1. The Hall–Kier alpha value is -3.02. The summed E-state index contributed by atoms with van der Waals surface area (Å²) in [5.74, 6) is -0.0264. The van der Waals surface area contributed by atoms with E-state index in [0.717, 1.165) is 17.7 Å². The average molecular weight is 326 g/mol. The summed E-state index contributed by atoms with van der Waals surface area (Å²) in [5.41, 5.74) is 7.61. The monoisotopic (exact) mass is 326 g/mol. The Kier molecular flexibility index (Phi) is 4.37. The molecule has 6 heteroatoms. The van der Waals surface area contributed by atoms with E-state index in [4.69, 9.17) is 15.2 Å². The maximum Gasteiger partial charge on any atom is 0.264 e. The molecule has 6 nitrogen and oxygen atoms in total. The van der Waals surface area contributed by atoms with Gasteiger partial charge in [-0.25, -0.2) is 0 Å². The van der Waals surface area contributed by atoms with Crippen molar-refractivity contribution in [2.75, 3.05) is 25.2 Å².